The fourth-order valence-electron chi connectivity index (χ4n) is 0.488. The van der Waals surface area contributed by atoms with E-state index in [1.54, 1.807) is 0 Å². The van der Waals surface area contributed by atoms with Crippen LogP contribution in [0.5, 0.6) is 0 Å². The standard InChI is InChI=1S/C5H3Br3/c6-3-1-2-4(7)5(3)8/h1H,2H2. The summed E-state index contributed by atoms with van der Waals surface area (Å²) in [5.41, 5.74) is 0. The zero-order valence-corrected chi connectivity index (χ0v) is 8.68. The van der Waals surface area contributed by atoms with E-state index >= 15 is 0 Å². The third-order valence-electron chi connectivity index (χ3n) is 0.908. The molecule has 8 heavy (non-hydrogen) atoms. The Morgan fingerprint density at radius 3 is 2.00 bits per heavy atom. The summed E-state index contributed by atoms with van der Waals surface area (Å²) in [4.78, 5) is 0. The fourth-order valence-corrected chi connectivity index (χ4v) is 1.85. The maximum atomic E-state index is 3.39. The van der Waals surface area contributed by atoms with Crippen molar-refractivity contribution in [1.82, 2.24) is 0 Å². The Balaban J connectivity index is 2.88. The molecule has 1 aliphatic rings. The van der Waals surface area contributed by atoms with E-state index in [1.807, 2.05) is 0 Å². The second kappa shape index (κ2) is 2.67. The Hall–Kier alpha value is 0.920. The fraction of sp³-hybridized carbons (Fsp3) is 0.200. The van der Waals surface area contributed by atoms with Gasteiger partial charge in [-0.3, -0.25) is 0 Å². The Kier molecular flexibility index (Phi) is 2.35. The molecule has 0 unspecified atom stereocenters. The maximum absolute atomic E-state index is 3.39. The molecule has 3 heteroatoms. The van der Waals surface area contributed by atoms with Gasteiger partial charge >= 0.3 is 0 Å². The zero-order valence-electron chi connectivity index (χ0n) is 3.92. The summed E-state index contributed by atoms with van der Waals surface area (Å²) in [5.74, 6) is 0. The van der Waals surface area contributed by atoms with Gasteiger partial charge in [0, 0.05) is 13.4 Å². The van der Waals surface area contributed by atoms with Crippen molar-refractivity contribution in [2.24, 2.45) is 0 Å². The van der Waals surface area contributed by atoms with Gasteiger partial charge in [-0.25, -0.2) is 0 Å². The first-order chi connectivity index (χ1) is 3.72. The van der Waals surface area contributed by atoms with Crippen molar-refractivity contribution >= 4 is 47.8 Å². The van der Waals surface area contributed by atoms with E-state index in [0.717, 1.165) is 15.4 Å². The maximum Gasteiger partial charge on any atom is 0.0418 e. The topological polar surface area (TPSA) is 0 Å². The van der Waals surface area contributed by atoms with Crippen LogP contribution in [0.1, 0.15) is 6.42 Å². The quantitative estimate of drug-likeness (QED) is 0.640. The molecule has 0 aromatic heterocycles. The summed E-state index contributed by atoms with van der Waals surface area (Å²) in [6, 6.07) is 0. The molecule has 0 aliphatic heterocycles. The lowest BCUT2D eigenvalue weighted by atomic mass is 10.5. The van der Waals surface area contributed by atoms with Gasteiger partial charge in [-0.05, 0) is 38.3 Å². The molecule has 0 saturated heterocycles. The molecule has 0 saturated carbocycles. The third-order valence-corrected chi connectivity index (χ3v) is 4.32. The van der Waals surface area contributed by atoms with Gasteiger partial charge in [0.15, 0.2) is 0 Å². The minimum atomic E-state index is 1.00. The van der Waals surface area contributed by atoms with Crippen LogP contribution in [0.4, 0.5) is 0 Å². The molecule has 0 atom stereocenters. The van der Waals surface area contributed by atoms with Crippen molar-refractivity contribution in [2.45, 2.75) is 6.42 Å². The molecular formula is C5H3Br3. The van der Waals surface area contributed by atoms with Crippen LogP contribution < -0.4 is 0 Å². The van der Waals surface area contributed by atoms with Crippen LogP contribution in [-0.4, -0.2) is 0 Å². The summed E-state index contributed by atoms with van der Waals surface area (Å²) in [6.45, 7) is 0. The molecule has 0 N–H and O–H groups in total. The van der Waals surface area contributed by atoms with E-state index in [0.29, 0.717) is 0 Å². The second-order valence-electron chi connectivity index (χ2n) is 1.48. The van der Waals surface area contributed by atoms with E-state index in [9.17, 15) is 0 Å². The van der Waals surface area contributed by atoms with Crippen LogP contribution >= 0.6 is 47.8 Å². The van der Waals surface area contributed by atoms with E-state index in [2.05, 4.69) is 53.9 Å². The molecular weight excluding hydrogens is 300 g/mol. The summed E-state index contributed by atoms with van der Waals surface area (Å²) in [6.07, 6.45) is 3.11. The molecule has 1 aliphatic carbocycles. The first-order valence-electron chi connectivity index (χ1n) is 2.12. The number of hydrogen-bond donors (Lipinski definition) is 0. The highest BCUT2D eigenvalue weighted by atomic mass is 79.9. The van der Waals surface area contributed by atoms with Crippen LogP contribution in [0.25, 0.3) is 0 Å². The van der Waals surface area contributed by atoms with Gasteiger partial charge in [-0.15, -0.1) is 0 Å². The Morgan fingerprint density at radius 2 is 1.88 bits per heavy atom. The van der Waals surface area contributed by atoms with Crippen LogP contribution in [0.3, 0.4) is 0 Å². The highest BCUT2D eigenvalue weighted by molar-refractivity contribution is 9.16. The van der Waals surface area contributed by atoms with Crippen molar-refractivity contribution in [3.63, 3.8) is 0 Å². The van der Waals surface area contributed by atoms with Gasteiger partial charge in [-0.2, -0.15) is 0 Å². The van der Waals surface area contributed by atoms with Gasteiger partial charge in [-0.1, -0.05) is 22.0 Å². The van der Waals surface area contributed by atoms with Crippen molar-refractivity contribution in [3.05, 3.63) is 19.5 Å². The van der Waals surface area contributed by atoms with Gasteiger partial charge < -0.3 is 0 Å². The lowest BCUT2D eigenvalue weighted by Crippen LogP contribution is -1.61. The summed E-state index contributed by atoms with van der Waals surface area (Å²) < 4.78 is 3.49. The average Bonchev–Trinajstić information content (AvgIpc) is 1.98. The highest BCUT2D eigenvalue weighted by Crippen LogP contribution is 2.37. The minimum absolute atomic E-state index is 1.00. The monoisotopic (exact) mass is 300 g/mol. The van der Waals surface area contributed by atoms with E-state index in [4.69, 9.17) is 0 Å². The molecule has 0 bridgehead atoms. The number of rotatable bonds is 0. The average molecular weight is 303 g/mol. The molecule has 0 nitrogen and oxygen atoms in total. The molecule has 0 aromatic rings. The van der Waals surface area contributed by atoms with Crippen molar-refractivity contribution in [3.8, 4) is 0 Å². The zero-order chi connectivity index (χ0) is 6.15. The number of allylic oxidation sites excluding steroid dienone is 4. The predicted molar refractivity (Wildman–Crippen MR) is 46.5 cm³/mol. The molecule has 0 fully saturated rings. The molecule has 44 valence electrons. The number of halogens is 3. The van der Waals surface area contributed by atoms with Gasteiger partial charge in [0.25, 0.3) is 0 Å². The number of hydrogen-bond acceptors (Lipinski definition) is 0. The largest absolute Gasteiger partial charge is 0.0641 e. The minimum Gasteiger partial charge on any atom is -0.0641 e. The molecule has 0 amide bonds. The first kappa shape index (κ1) is 7.03. The van der Waals surface area contributed by atoms with Crippen molar-refractivity contribution in [1.29, 1.82) is 0 Å². The first-order valence-corrected chi connectivity index (χ1v) is 4.50. The second-order valence-corrected chi connectivity index (χ2v) is 4.08. The lowest BCUT2D eigenvalue weighted by Gasteiger charge is -1.87. The van der Waals surface area contributed by atoms with Crippen LogP contribution in [0.15, 0.2) is 19.5 Å². The summed E-state index contributed by atoms with van der Waals surface area (Å²) >= 11 is 10.2. The molecule has 1 rings (SSSR count). The van der Waals surface area contributed by atoms with Crippen LogP contribution in [0, 0.1) is 0 Å². The van der Waals surface area contributed by atoms with E-state index in [-0.39, 0.29) is 0 Å². The van der Waals surface area contributed by atoms with Crippen LogP contribution in [0.2, 0.25) is 0 Å². The van der Waals surface area contributed by atoms with Gasteiger partial charge in [0.2, 0.25) is 0 Å². The van der Waals surface area contributed by atoms with E-state index < -0.39 is 0 Å². The van der Waals surface area contributed by atoms with Gasteiger partial charge in [0.05, 0.1) is 0 Å². The summed E-state index contributed by atoms with van der Waals surface area (Å²) in [7, 11) is 0. The Labute approximate surface area is 73.4 Å². The van der Waals surface area contributed by atoms with E-state index in [1.165, 1.54) is 4.48 Å². The molecule has 0 heterocycles. The normalized spacial score (nSPS) is 19.6. The molecule has 0 aromatic carbocycles. The lowest BCUT2D eigenvalue weighted by molar-refractivity contribution is 1.42. The smallest absolute Gasteiger partial charge is 0.0418 e. The predicted octanol–water partition coefficient (Wildman–Crippen LogP) is 3.67. The Morgan fingerprint density at radius 1 is 1.25 bits per heavy atom. The SMILES string of the molecule is BrC1=CCC(Br)=C1Br. The van der Waals surface area contributed by atoms with Crippen molar-refractivity contribution in [2.75, 3.05) is 0 Å². The molecule has 0 radical (unpaired) electrons. The highest BCUT2D eigenvalue weighted by Gasteiger charge is 2.09. The molecule has 0 spiro atoms. The van der Waals surface area contributed by atoms with Crippen molar-refractivity contribution < 1.29 is 0 Å². The summed E-state index contributed by atoms with van der Waals surface area (Å²) in [5, 5.41) is 0. The van der Waals surface area contributed by atoms with Gasteiger partial charge in [0.1, 0.15) is 0 Å². The van der Waals surface area contributed by atoms with Crippen LogP contribution in [-0.2, 0) is 0 Å². The third kappa shape index (κ3) is 1.25. The Bertz CT molecular complexity index is 161.